The van der Waals surface area contributed by atoms with Gasteiger partial charge in [0, 0.05) is 22.8 Å². The number of carbonyl (C=O) groups is 2. The van der Waals surface area contributed by atoms with Crippen LogP contribution in [0.1, 0.15) is 17.3 Å². The van der Waals surface area contributed by atoms with Crippen molar-refractivity contribution in [3.05, 3.63) is 60.0 Å². The standard InChI is InChI=1S/C17H15N3O3S/c1-11(19-16(22)13-6-8-23-10-13)15(21)20-14-4-2-12(3-5-14)17-18-7-9-24-17/h2-11H,1H3,(H,19,22)(H,20,21)/t11-/m0/s1. The first-order valence-electron chi connectivity index (χ1n) is 7.27. The number of benzene rings is 1. The molecule has 0 saturated carbocycles. The summed E-state index contributed by atoms with van der Waals surface area (Å²) >= 11 is 1.55. The number of carbonyl (C=O) groups excluding carboxylic acids is 2. The highest BCUT2D eigenvalue weighted by molar-refractivity contribution is 7.13. The maximum Gasteiger partial charge on any atom is 0.255 e. The van der Waals surface area contributed by atoms with Gasteiger partial charge in [-0.1, -0.05) is 0 Å². The van der Waals surface area contributed by atoms with Gasteiger partial charge in [-0.15, -0.1) is 11.3 Å². The molecule has 0 aliphatic heterocycles. The number of hydrogen-bond donors (Lipinski definition) is 2. The van der Waals surface area contributed by atoms with E-state index in [1.54, 1.807) is 36.6 Å². The zero-order chi connectivity index (χ0) is 16.9. The zero-order valence-corrected chi connectivity index (χ0v) is 13.7. The van der Waals surface area contributed by atoms with Gasteiger partial charge in [0.05, 0.1) is 11.8 Å². The van der Waals surface area contributed by atoms with Gasteiger partial charge < -0.3 is 15.1 Å². The number of furan rings is 1. The van der Waals surface area contributed by atoms with Crippen LogP contribution >= 0.6 is 11.3 Å². The Morgan fingerprint density at radius 2 is 2.00 bits per heavy atom. The second-order valence-corrected chi connectivity index (χ2v) is 6.01. The molecule has 0 aliphatic rings. The topological polar surface area (TPSA) is 84.2 Å². The highest BCUT2D eigenvalue weighted by atomic mass is 32.1. The number of anilines is 1. The van der Waals surface area contributed by atoms with Crippen molar-refractivity contribution in [2.75, 3.05) is 5.32 Å². The smallest absolute Gasteiger partial charge is 0.255 e. The quantitative estimate of drug-likeness (QED) is 0.746. The van der Waals surface area contributed by atoms with E-state index in [0.29, 0.717) is 11.3 Å². The second kappa shape index (κ2) is 7.10. The average Bonchev–Trinajstić information content (AvgIpc) is 3.29. The number of rotatable bonds is 5. The second-order valence-electron chi connectivity index (χ2n) is 5.11. The number of aromatic nitrogens is 1. The maximum absolute atomic E-state index is 12.2. The third kappa shape index (κ3) is 3.69. The minimum Gasteiger partial charge on any atom is -0.472 e. The molecular formula is C17H15N3O3S. The highest BCUT2D eigenvalue weighted by Crippen LogP contribution is 2.23. The van der Waals surface area contributed by atoms with E-state index < -0.39 is 6.04 Å². The molecule has 3 aromatic rings. The van der Waals surface area contributed by atoms with Gasteiger partial charge in [0.25, 0.3) is 5.91 Å². The van der Waals surface area contributed by atoms with E-state index in [4.69, 9.17) is 4.42 Å². The van der Waals surface area contributed by atoms with Gasteiger partial charge >= 0.3 is 0 Å². The summed E-state index contributed by atoms with van der Waals surface area (Å²) in [5.41, 5.74) is 2.02. The van der Waals surface area contributed by atoms with Crippen LogP contribution < -0.4 is 10.6 Å². The summed E-state index contributed by atoms with van der Waals surface area (Å²) in [5.74, 6) is -0.653. The predicted molar refractivity (Wildman–Crippen MR) is 91.8 cm³/mol. The van der Waals surface area contributed by atoms with Crippen molar-refractivity contribution in [2.24, 2.45) is 0 Å². The molecule has 1 aromatic carbocycles. The summed E-state index contributed by atoms with van der Waals surface area (Å²) < 4.78 is 4.85. The lowest BCUT2D eigenvalue weighted by atomic mass is 10.2. The summed E-state index contributed by atoms with van der Waals surface area (Å²) in [4.78, 5) is 28.3. The largest absolute Gasteiger partial charge is 0.472 e. The minimum absolute atomic E-state index is 0.297. The fraction of sp³-hybridized carbons (Fsp3) is 0.118. The molecule has 0 unspecified atom stereocenters. The highest BCUT2D eigenvalue weighted by Gasteiger charge is 2.17. The molecule has 2 N–H and O–H groups in total. The van der Waals surface area contributed by atoms with E-state index >= 15 is 0 Å². The molecule has 2 amide bonds. The van der Waals surface area contributed by atoms with Gasteiger partial charge in [0.2, 0.25) is 5.91 Å². The molecule has 0 fully saturated rings. The molecular weight excluding hydrogens is 326 g/mol. The summed E-state index contributed by atoms with van der Waals surface area (Å²) in [6, 6.07) is 8.26. The Kier molecular flexibility index (Phi) is 4.72. The van der Waals surface area contributed by atoms with Crippen molar-refractivity contribution >= 4 is 28.8 Å². The van der Waals surface area contributed by atoms with Crippen LogP contribution in [0.3, 0.4) is 0 Å². The van der Waals surface area contributed by atoms with Crippen LogP contribution in [0.25, 0.3) is 10.6 Å². The van der Waals surface area contributed by atoms with Gasteiger partial charge in [-0.05, 0) is 37.3 Å². The van der Waals surface area contributed by atoms with Gasteiger partial charge in [0.1, 0.15) is 17.3 Å². The van der Waals surface area contributed by atoms with E-state index in [1.807, 2.05) is 17.5 Å². The van der Waals surface area contributed by atoms with Crippen LogP contribution in [0.15, 0.2) is 58.9 Å². The van der Waals surface area contributed by atoms with Crippen molar-refractivity contribution in [1.29, 1.82) is 0 Å². The van der Waals surface area contributed by atoms with Crippen molar-refractivity contribution in [2.45, 2.75) is 13.0 Å². The molecule has 0 aliphatic carbocycles. The minimum atomic E-state index is -0.675. The van der Waals surface area contributed by atoms with Crippen molar-refractivity contribution in [1.82, 2.24) is 10.3 Å². The Hall–Kier alpha value is -2.93. The monoisotopic (exact) mass is 341 g/mol. The van der Waals surface area contributed by atoms with Gasteiger partial charge in [-0.3, -0.25) is 9.59 Å². The fourth-order valence-corrected chi connectivity index (χ4v) is 2.70. The first kappa shape index (κ1) is 15.9. The number of amides is 2. The first-order valence-corrected chi connectivity index (χ1v) is 8.15. The molecule has 24 heavy (non-hydrogen) atoms. The third-order valence-electron chi connectivity index (χ3n) is 3.36. The molecule has 2 heterocycles. The summed E-state index contributed by atoms with van der Waals surface area (Å²) in [6.45, 7) is 1.62. The molecule has 0 saturated heterocycles. The normalized spacial score (nSPS) is 11.7. The number of nitrogens with zero attached hydrogens (tertiary/aromatic N) is 1. The van der Waals surface area contributed by atoms with Crippen LogP contribution in [-0.2, 0) is 4.79 Å². The molecule has 0 bridgehead atoms. The molecule has 0 radical (unpaired) electrons. The Bertz CT molecular complexity index is 811. The van der Waals surface area contributed by atoms with Crippen LogP contribution in [0.5, 0.6) is 0 Å². The number of hydrogen-bond acceptors (Lipinski definition) is 5. The van der Waals surface area contributed by atoms with Crippen molar-refractivity contribution in [3.63, 3.8) is 0 Å². The summed E-state index contributed by atoms with van der Waals surface area (Å²) in [6.07, 6.45) is 4.49. The van der Waals surface area contributed by atoms with E-state index in [-0.39, 0.29) is 11.8 Å². The lowest BCUT2D eigenvalue weighted by Gasteiger charge is -2.13. The van der Waals surface area contributed by atoms with E-state index in [0.717, 1.165) is 10.6 Å². The molecule has 7 heteroatoms. The lowest BCUT2D eigenvalue weighted by molar-refractivity contribution is -0.117. The Morgan fingerprint density at radius 1 is 1.21 bits per heavy atom. The molecule has 1 atom stereocenters. The number of nitrogens with one attached hydrogen (secondary N) is 2. The van der Waals surface area contributed by atoms with Crippen LogP contribution in [0, 0.1) is 0 Å². The SMILES string of the molecule is C[C@H](NC(=O)c1ccoc1)C(=O)Nc1ccc(-c2nccs2)cc1. The summed E-state index contributed by atoms with van der Waals surface area (Å²) in [7, 11) is 0. The lowest BCUT2D eigenvalue weighted by Crippen LogP contribution is -2.41. The molecule has 0 spiro atoms. The van der Waals surface area contributed by atoms with E-state index in [1.165, 1.54) is 18.6 Å². The zero-order valence-electron chi connectivity index (χ0n) is 12.9. The van der Waals surface area contributed by atoms with Crippen LogP contribution in [0.2, 0.25) is 0 Å². The summed E-state index contributed by atoms with van der Waals surface area (Å²) in [5, 5.41) is 8.22. The maximum atomic E-state index is 12.2. The first-order chi connectivity index (χ1) is 11.6. The molecule has 3 rings (SSSR count). The van der Waals surface area contributed by atoms with Gasteiger partial charge in [-0.2, -0.15) is 0 Å². The molecule has 122 valence electrons. The van der Waals surface area contributed by atoms with Crippen LogP contribution in [0.4, 0.5) is 5.69 Å². The average molecular weight is 341 g/mol. The molecule has 6 nitrogen and oxygen atoms in total. The number of thiazole rings is 1. The third-order valence-corrected chi connectivity index (χ3v) is 4.18. The van der Waals surface area contributed by atoms with Gasteiger partial charge in [-0.25, -0.2) is 4.98 Å². The molecule has 2 aromatic heterocycles. The Balaban J connectivity index is 1.59. The fourth-order valence-electron chi connectivity index (χ4n) is 2.05. The van der Waals surface area contributed by atoms with Crippen molar-refractivity contribution < 1.29 is 14.0 Å². The Labute approximate surface area is 142 Å². The van der Waals surface area contributed by atoms with E-state index in [9.17, 15) is 9.59 Å². The van der Waals surface area contributed by atoms with Crippen molar-refractivity contribution in [3.8, 4) is 10.6 Å². The predicted octanol–water partition coefficient (Wildman–Crippen LogP) is 3.16. The Morgan fingerprint density at radius 3 is 2.62 bits per heavy atom. The van der Waals surface area contributed by atoms with E-state index in [2.05, 4.69) is 15.6 Å². The van der Waals surface area contributed by atoms with Crippen LogP contribution in [-0.4, -0.2) is 22.8 Å². The van der Waals surface area contributed by atoms with Gasteiger partial charge in [0.15, 0.2) is 0 Å².